The monoisotopic (exact) mass is 333 g/mol. The first kappa shape index (κ1) is 18.4. The third kappa shape index (κ3) is 5.59. The molecule has 0 unspecified atom stereocenters. The molecule has 0 saturated carbocycles. The number of aryl methyl sites for hydroxylation is 1. The van der Waals surface area contributed by atoms with Crippen LogP contribution in [-0.2, 0) is 0 Å². The van der Waals surface area contributed by atoms with E-state index in [1.54, 1.807) is 12.3 Å². The number of halogens is 2. The van der Waals surface area contributed by atoms with E-state index in [1.165, 1.54) is 5.56 Å². The second-order valence-electron chi connectivity index (χ2n) is 6.08. The van der Waals surface area contributed by atoms with E-state index in [2.05, 4.69) is 4.98 Å². The van der Waals surface area contributed by atoms with Crippen LogP contribution in [0.25, 0.3) is 11.3 Å². The van der Waals surface area contributed by atoms with E-state index in [0.717, 1.165) is 24.1 Å². The van der Waals surface area contributed by atoms with Crippen molar-refractivity contribution in [1.82, 2.24) is 4.98 Å². The molecule has 0 saturated heterocycles. The summed E-state index contributed by atoms with van der Waals surface area (Å²) in [7, 11) is 0. The highest BCUT2D eigenvalue weighted by atomic mass is 19.2. The number of hydrogen-bond acceptors (Lipinski definition) is 2. The Hall–Kier alpha value is -1.97. The van der Waals surface area contributed by atoms with Gasteiger partial charge in [0.05, 0.1) is 11.9 Å². The van der Waals surface area contributed by atoms with Crippen molar-refractivity contribution >= 4 is 0 Å². The van der Waals surface area contributed by atoms with Crippen LogP contribution in [0.5, 0.6) is 5.75 Å². The molecule has 1 aromatic heterocycles. The minimum absolute atomic E-state index is 0.253. The van der Waals surface area contributed by atoms with Crippen molar-refractivity contribution in [3.05, 3.63) is 48.2 Å². The molecule has 0 spiro atoms. The van der Waals surface area contributed by atoms with E-state index in [-0.39, 0.29) is 13.0 Å². The fourth-order valence-electron chi connectivity index (χ4n) is 2.41. The van der Waals surface area contributed by atoms with Crippen LogP contribution in [0.2, 0.25) is 0 Å². The van der Waals surface area contributed by atoms with Crippen LogP contribution in [0.1, 0.15) is 38.2 Å². The van der Waals surface area contributed by atoms with Gasteiger partial charge in [-0.15, -0.1) is 0 Å². The minimum atomic E-state index is -1.60. The molecule has 2 aromatic rings. The Balaban J connectivity index is 1.84. The topological polar surface area (TPSA) is 22.1 Å². The van der Waals surface area contributed by atoms with Crippen molar-refractivity contribution < 1.29 is 13.5 Å². The number of aromatic nitrogens is 1. The fourth-order valence-corrected chi connectivity index (χ4v) is 2.41. The van der Waals surface area contributed by atoms with Gasteiger partial charge in [0.1, 0.15) is 18.5 Å². The molecule has 0 aliphatic carbocycles. The number of pyridine rings is 1. The number of unbranched alkanes of at least 4 members (excludes halogenated alkanes) is 2. The zero-order chi connectivity index (χ0) is 17.4. The van der Waals surface area contributed by atoms with Crippen molar-refractivity contribution in [2.45, 2.75) is 51.9 Å². The quantitative estimate of drug-likeness (QED) is 0.550. The molecule has 0 aliphatic heterocycles. The van der Waals surface area contributed by atoms with Crippen LogP contribution in [-0.4, -0.2) is 23.9 Å². The van der Waals surface area contributed by atoms with Crippen LogP contribution in [0.4, 0.5) is 8.78 Å². The third-order valence-electron chi connectivity index (χ3n) is 3.97. The van der Waals surface area contributed by atoms with Crippen LogP contribution in [0.15, 0.2) is 42.6 Å². The van der Waals surface area contributed by atoms with Gasteiger partial charge in [-0.2, -0.15) is 0 Å². The maximum absolute atomic E-state index is 13.8. The van der Waals surface area contributed by atoms with Crippen molar-refractivity contribution in [2.75, 3.05) is 6.61 Å². The van der Waals surface area contributed by atoms with E-state index in [1.807, 2.05) is 44.2 Å². The predicted molar refractivity (Wildman–Crippen MR) is 93.8 cm³/mol. The van der Waals surface area contributed by atoms with Gasteiger partial charge in [0.15, 0.2) is 6.17 Å². The third-order valence-corrected chi connectivity index (χ3v) is 3.97. The van der Waals surface area contributed by atoms with Crippen LogP contribution >= 0.6 is 0 Å². The summed E-state index contributed by atoms with van der Waals surface area (Å²) in [5, 5.41) is 0. The summed E-state index contributed by atoms with van der Waals surface area (Å²) in [6, 6.07) is 11.6. The van der Waals surface area contributed by atoms with E-state index in [0.29, 0.717) is 12.2 Å². The Morgan fingerprint density at radius 3 is 2.38 bits per heavy atom. The Morgan fingerprint density at radius 2 is 1.75 bits per heavy atom. The normalized spacial score (nSPS) is 13.5. The van der Waals surface area contributed by atoms with Gasteiger partial charge < -0.3 is 4.74 Å². The van der Waals surface area contributed by atoms with E-state index >= 15 is 0 Å². The highest BCUT2D eigenvalue weighted by Gasteiger charge is 2.20. The van der Waals surface area contributed by atoms with E-state index in [4.69, 9.17) is 4.74 Å². The fraction of sp³-hybridized carbons (Fsp3) is 0.450. The van der Waals surface area contributed by atoms with Crippen LogP contribution < -0.4 is 4.74 Å². The Bertz CT molecular complexity index is 598. The lowest BCUT2D eigenvalue weighted by atomic mass is 10.1. The molecule has 0 bridgehead atoms. The Labute approximate surface area is 142 Å². The highest BCUT2D eigenvalue weighted by molar-refractivity contribution is 5.59. The lowest BCUT2D eigenvalue weighted by Gasteiger charge is -2.14. The zero-order valence-corrected chi connectivity index (χ0v) is 14.3. The molecule has 0 fully saturated rings. The SMILES string of the molecule is CCCCC[C@@H](F)[C@H](F)COc1ccc(-c2ccc(C)cc2)nc1. The van der Waals surface area contributed by atoms with Gasteiger partial charge in [-0.1, -0.05) is 56.0 Å². The van der Waals surface area contributed by atoms with Crippen molar-refractivity contribution in [2.24, 2.45) is 0 Å². The molecule has 1 aromatic carbocycles. The first-order valence-corrected chi connectivity index (χ1v) is 8.54. The standard InChI is InChI=1S/C20H25F2NO/c1-3-4-5-6-18(21)19(22)14-24-17-11-12-20(23-13-17)16-9-7-15(2)8-10-16/h7-13,18-19H,3-6,14H2,1-2H3/t18-,19-/m1/s1. The molecule has 4 heteroatoms. The van der Waals surface area contributed by atoms with Gasteiger partial charge in [-0.25, -0.2) is 8.78 Å². The van der Waals surface area contributed by atoms with Gasteiger partial charge in [0.25, 0.3) is 0 Å². The Kier molecular flexibility index (Phi) is 7.16. The molecule has 2 rings (SSSR count). The van der Waals surface area contributed by atoms with E-state index in [9.17, 15) is 8.78 Å². The molecule has 2 atom stereocenters. The number of benzene rings is 1. The molecule has 2 nitrogen and oxygen atoms in total. The maximum atomic E-state index is 13.8. The lowest BCUT2D eigenvalue weighted by Crippen LogP contribution is -2.24. The van der Waals surface area contributed by atoms with Gasteiger partial charge in [-0.05, 0) is 25.5 Å². The van der Waals surface area contributed by atoms with Crippen molar-refractivity contribution in [1.29, 1.82) is 0 Å². The zero-order valence-electron chi connectivity index (χ0n) is 14.3. The first-order valence-electron chi connectivity index (χ1n) is 8.54. The molecule has 0 radical (unpaired) electrons. The average molecular weight is 333 g/mol. The molecule has 130 valence electrons. The lowest BCUT2D eigenvalue weighted by molar-refractivity contribution is 0.101. The second-order valence-corrected chi connectivity index (χ2v) is 6.08. The number of nitrogens with zero attached hydrogens (tertiary/aromatic N) is 1. The summed E-state index contributed by atoms with van der Waals surface area (Å²) in [5.74, 6) is 0.453. The summed E-state index contributed by atoms with van der Waals surface area (Å²) in [6.07, 6.45) is 1.38. The smallest absolute Gasteiger partial charge is 0.165 e. The molecule has 0 amide bonds. The predicted octanol–water partition coefficient (Wildman–Crippen LogP) is 5.69. The average Bonchev–Trinajstić information content (AvgIpc) is 2.61. The summed E-state index contributed by atoms with van der Waals surface area (Å²) >= 11 is 0. The molecule has 1 heterocycles. The maximum Gasteiger partial charge on any atom is 0.165 e. The van der Waals surface area contributed by atoms with Crippen molar-refractivity contribution in [3.8, 4) is 17.0 Å². The highest BCUT2D eigenvalue weighted by Crippen LogP contribution is 2.21. The minimum Gasteiger partial charge on any atom is -0.489 e. The first-order chi connectivity index (χ1) is 11.6. The van der Waals surface area contributed by atoms with Gasteiger partial charge in [0, 0.05) is 5.56 Å². The molecular weight excluding hydrogens is 308 g/mol. The van der Waals surface area contributed by atoms with Crippen LogP contribution in [0, 0.1) is 6.92 Å². The molecular formula is C20H25F2NO. The number of hydrogen-bond donors (Lipinski definition) is 0. The molecule has 24 heavy (non-hydrogen) atoms. The summed E-state index contributed by atoms with van der Waals surface area (Å²) in [6.45, 7) is 3.79. The van der Waals surface area contributed by atoms with Gasteiger partial charge >= 0.3 is 0 Å². The van der Waals surface area contributed by atoms with Crippen molar-refractivity contribution in [3.63, 3.8) is 0 Å². The summed E-state index contributed by atoms with van der Waals surface area (Å²) in [5.41, 5.74) is 3.02. The molecule has 0 N–H and O–H groups in total. The second kappa shape index (κ2) is 9.36. The van der Waals surface area contributed by atoms with Gasteiger partial charge in [-0.3, -0.25) is 4.98 Å². The molecule has 0 aliphatic rings. The summed E-state index contributed by atoms with van der Waals surface area (Å²) < 4.78 is 32.8. The largest absolute Gasteiger partial charge is 0.489 e. The summed E-state index contributed by atoms with van der Waals surface area (Å²) in [4.78, 5) is 4.32. The number of alkyl halides is 2. The van der Waals surface area contributed by atoms with Gasteiger partial charge in [0.2, 0.25) is 0 Å². The Morgan fingerprint density at radius 1 is 1.00 bits per heavy atom. The number of ether oxygens (including phenoxy) is 1. The number of rotatable bonds is 9. The van der Waals surface area contributed by atoms with Crippen LogP contribution in [0.3, 0.4) is 0 Å². The van der Waals surface area contributed by atoms with E-state index < -0.39 is 12.3 Å².